The predicted molar refractivity (Wildman–Crippen MR) is 99.0 cm³/mol. The molecule has 0 spiro atoms. The van der Waals surface area contributed by atoms with E-state index in [4.69, 9.17) is 4.74 Å². The molecule has 0 aromatic heterocycles. The lowest BCUT2D eigenvalue weighted by molar-refractivity contribution is -0.144. The molecule has 0 bridgehead atoms. The molecule has 1 aliphatic heterocycles. The summed E-state index contributed by atoms with van der Waals surface area (Å²) in [5.41, 5.74) is -0.459. The summed E-state index contributed by atoms with van der Waals surface area (Å²) in [6, 6.07) is 6.98. The van der Waals surface area contributed by atoms with Crippen molar-refractivity contribution in [3.63, 3.8) is 0 Å². The summed E-state index contributed by atoms with van der Waals surface area (Å²) < 4.78 is 18.4. The molecule has 1 saturated heterocycles. The van der Waals surface area contributed by atoms with Gasteiger partial charge in [-0.25, -0.2) is 4.39 Å². The van der Waals surface area contributed by atoms with Crippen molar-refractivity contribution >= 4 is 11.8 Å². The number of benzene rings is 1. The van der Waals surface area contributed by atoms with Gasteiger partial charge in [0.05, 0.1) is 18.6 Å². The number of hydrogen-bond donors (Lipinski definition) is 0. The van der Waals surface area contributed by atoms with Crippen molar-refractivity contribution in [1.82, 2.24) is 9.80 Å². The van der Waals surface area contributed by atoms with Crippen LogP contribution in [0.5, 0.6) is 5.75 Å². The molecule has 1 atom stereocenters. The molecule has 1 aromatic rings. The highest BCUT2D eigenvalue weighted by molar-refractivity contribution is 5.95. The highest BCUT2D eigenvalue weighted by atomic mass is 19.1. The third kappa shape index (κ3) is 4.17. The molecule has 1 aromatic carbocycles. The Bertz CT molecular complexity index is 660. The first-order valence-electron chi connectivity index (χ1n) is 9.01. The Morgan fingerprint density at radius 2 is 2.00 bits per heavy atom. The first-order valence-corrected chi connectivity index (χ1v) is 9.01. The van der Waals surface area contributed by atoms with E-state index in [2.05, 4.69) is 0 Å². The van der Waals surface area contributed by atoms with E-state index >= 15 is 0 Å². The molecule has 2 rings (SSSR count). The number of hydrogen-bond acceptors (Lipinski definition) is 3. The molecule has 144 valence electrons. The topological polar surface area (TPSA) is 49.9 Å². The predicted octanol–water partition coefficient (Wildman–Crippen LogP) is 3.00. The largest absolute Gasteiger partial charge is 0.497 e. The molecule has 1 fully saturated rings. The number of carbonyl (C=O) groups excluding carboxylic acids is 2. The Hall–Kier alpha value is -2.11. The van der Waals surface area contributed by atoms with E-state index in [9.17, 15) is 14.0 Å². The van der Waals surface area contributed by atoms with Gasteiger partial charge in [-0.05, 0) is 38.0 Å². The molecule has 26 heavy (non-hydrogen) atoms. The fourth-order valence-corrected chi connectivity index (χ4v) is 3.22. The first kappa shape index (κ1) is 20.2. The molecule has 6 heteroatoms. The number of amides is 2. The fraction of sp³-hybridized carbons (Fsp3) is 0.600. The van der Waals surface area contributed by atoms with Crippen molar-refractivity contribution in [2.75, 3.05) is 33.4 Å². The van der Waals surface area contributed by atoms with E-state index in [-0.39, 0.29) is 23.8 Å². The van der Waals surface area contributed by atoms with Gasteiger partial charge in [0.25, 0.3) is 5.91 Å². The Labute approximate surface area is 155 Å². The number of ether oxygens (including phenoxy) is 1. The monoisotopic (exact) mass is 364 g/mol. The lowest BCUT2D eigenvalue weighted by Crippen LogP contribution is -2.60. The molecule has 1 aliphatic rings. The highest BCUT2D eigenvalue weighted by Crippen LogP contribution is 2.26. The summed E-state index contributed by atoms with van der Waals surface area (Å²) in [6.07, 6.45) is 0. The lowest BCUT2D eigenvalue weighted by Gasteiger charge is -2.45. The molecule has 0 radical (unpaired) electrons. The van der Waals surface area contributed by atoms with Crippen LogP contribution in [0.4, 0.5) is 4.39 Å². The molecule has 0 aliphatic carbocycles. The molecular formula is C20H29FN2O3. The number of nitrogens with zero attached hydrogens (tertiary/aromatic N) is 2. The van der Waals surface area contributed by atoms with Crippen LogP contribution in [0.3, 0.4) is 0 Å². The van der Waals surface area contributed by atoms with Crippen LogP contribution < -0.4 is 4.74 Å². The van der Waals surface area contributed by atoms with E-state index in [0.29, 0.717) is 30.9 Å². The number of alkyl halides is 1. The summed E-state index contributed by atoms with van der Waals surface area (Å²) in [4.78, 5) is 29.2. The van der Waals surface area contributed by atoms with Crippen molar-refractivity contribution in [2.45, 2.75) is 33.7 Å². The number of piperazine rings is 1. The second kappa shape index (κ2) is 8.06. The standard InChI is InChI=1S/C20H29FN2O3/c1-14(2)17-12-22(19(25)20(3,4)13-21)9-10-23(17)18(24)15-7-6-8-16(11-15)26-5/h6-8,11,14,17H,9-10,12-13H2,1-5H3/t17-/m1/s1. The Morgan fingerprint density at radius 3 is 2.58 bits per heavy atom. The van der Waals surface area contributed by atoms with Gasteiger partial charge in [-0.15, -0.1) is 0 Å². The number of methoxy groups -OCH3 is 1. The van der Waals surface area contributed by atoms with E-state index < -0.39 is 12.1 Å². The third-order valence-electron chi connectivity index (χ3n) is 4.97. The third-order valence-corrected chi connectivity index (χ3v) is 4.97. The number of rotatable bonds is 5. The van der Waals surface area contributed by atoms with Gasteiger partial charge in [-0.3, -0.25) is 9.59 Å². The summed E-state index contributed by atoms with van der Waals surface area (Å²) >= 11 is 0. The van der Waals surface area contributed by atoms with Gasteiger partial charge < -0.3 is 14.5 Å². The minimum absolute atomic E-state index is 0.0700. The minimum atomic E-state index is -1.03. The van der Waals surface area contributed by atoms with Crippen LogP contribution in [-0.4, -0.2) is 61.1 Å². The second-order valence-corrected chi connectivity index (χ2v) is 7.81. The van der Waals surface area contributed by atoms with Crippen molar-refractivity contribution in [3.8, 4) is 5.75 Å². The van der Waals surface area contributed by atoms with Crippen LogP contribution in [0.25, 0.3) is 0 Å². The van der Waals surface area contributed by atoms with E-state index in [1.807, 2.05) is 18.7 Å². The second-order valence-electron chi connectivity index (χ2n) is 7.81. The van der Waals surface area contributed by atoms with Crippen LogP contribution in [0.15, 0.2) is 24.3 Å². The molecule has 2 amide bonds. The van der Waals surface area contributed by atoms with Gasteiger partial charge in [-0.2, -0.15) is 0 Å². The zero-order chi connectivity index (χ0) is 19.5. The van der Waals surface area contributed by atoms with Gasteiger partial charge in [0.15, 0.2) is 0 Å². The fourth-order valence-electron chi connectivity index (χ4n) is 3.22. The van der Waals surface area contributed by atoms with Gasteiger partial charge in [0.1, 0.15) is 12.4 Å². The summed E-state index contributed by atoms with van der Waals surface area (Å²) in [7, 11) is 1.57. The van der Waals surface area contributed by atoms with Crippen molar-refractivity contribution < 1.29 is 18.7 Å². The zero-order valence-electron chi connectivity index (χ0n) is 16.3. The summed E-state index contributed by atoms with van der Waals surface area (Å²) in [5.74, 6) is 0.544. The van der Waals surface area contributed by atoms with Crippen molar-refractivity contribution in [2.24, 2.45) is 11.3 Å². The van der Waals surface area contributed by atoms with Gasteiger partial charge >= 0.3 is 0 Å². The smallest absolute Gasteiger partial charge is 0.254 e. The lowest BCUT2D eigenvalue weighted by atomic mass is 9.91. The number of halogens is 1. The summed E-state index contributed by atoms with van der Waals surface area (Å²) in [6.45, 7) is 7.89. The maximum absolute atomic E-state index is 13.2. The molecule has 0 saturated carbocycles. The molecule has 5 nitrogen and oxygen atoms in total. The Kier molecular flexibility index (Phi) is 6.26. The van der Waals surface area contributed by atoms with Crippen molar-refractivity contribution in [1.29, 1.82) is 0 Å². The minimum Gasteiger partial charge on any atom is -0.497 e. The van der Waals surface area contributed by atoms with Gasteiger partial charge in [0, 0.05) is 25.2 Å². The van der Waals surface area contributed by atoms with Gasteiger partial charge in [-0.1, -0.05) is 19.9 Å². The molecule has 0 N–H and O–H groups in total. The average molecular weight is 364 g/mol. The average Bonchev–Trinajstić information content (AvgIpc) is 2.66. The van der Waals surface area contributed by atoms with E-state index in [1.54, 1.807) is 50.1 Å². The quantitative estimate of drug-likeness (QED) is 0.807. The maximum atomic E-state index is 13.2. The first-order chi connectivity index (χ1) is 12.2. The van der Waals surface area contributed by atoms with Crippen LogP contribution in [-0.2, 0) is 4.79 Å². The van der Waals surface area contributed by atoms with Crippen LogP contribution in [0.1, 0.15) is 38.1 Å². The van der Waals surface area contributed by atoms with Crippen LogP contribution in [0, 0.1) is 11.3 Å². The molecule has 1 heterocycles. The zero-order valence-corrected chi connectivity index (χ0v) is 16.3. The van der Waals surface area contributed by atoms with Gasteiger partial charge in [0.2, 0.25) is 5.91 Å². The summed E-state index contributed by atoms with van der Waals surface area (Å²) in [5, 5.41) is 0. The van der Waals surface area contributed by atoms with Crippen molar-refractivity contribution in [3.05, 3.63) is 29.8 Å². The molecular weight excluding hydrogens is 335 g/mol. The van der Waals surface area contributed by atoms with Crippen LogP contribution >= 0.6 is 0 Å². The molecule has 0 unspecified atom stereocenters. The Balaban J connectivity index is 2.20. The number of carbonyl (C=O) groups is 2. The van der Waals surface area contributed by atoms with Crippen LogP contribution in [0.2, 0.25) is 0 Å². The highest BCUT2D eigenvalue weighted by Gasteiger charge is 2.39. The maximum Gasteiger partial charge on any atom is 0.254 e. The SMILES string of the molecule is COc1cccc(C(=O)N2CCN(C(=O)C(C)(C)CF)C[C@@H]2C(C)C)c1. The van der Waals surface area contributed by atoms with E-state index in [0.717, 1.165) is 0 Å². The van der Waals surface area contributed by atoms with E-state index in [1.165, 1.54) is 0 Å². The normalized spacial score (nSPS) is 18.2. The Morgan fingerprint density at radius 1 is 1.31 bits per heavy atom.